The molecule has 2 aromatic rings. The van der Waals surface area contributed by atoms with Crippen LogP contribution >= 0.6 is 43.6 Å². The van der Waals surface area contributed by atoms with E-state index in [9.17, 15) is 4.79 Å². The molecule has 0 aliphatic heterocycles. The van der Waals surface area contributed by atoms with Crippen molar-refractivity contribution in [2.75, 3.05) is 5.75 Å². The van der Waals surface area contributed by atoms with Crippen molar-refractivity contribution < 1.29 is 4.79 Å². The fourth-order valence-corrected chi connectivity index (χ4v) is 3.52. The minimum atomic E-state index is -0.108. The van der Waals surface area contributed by atoms with Crippen LogP contribution in [0.25, 0.3) is 0 Å². The van der Waals surface area contributed by atoms with E-state index in [4.69, 9.17) is 0 Å². The first kappa shape index (κ1) is 17.2. The molecule has 0 atom stereocenters. The number of hydrogen-bond acceptors (Lipinski definition) is 3. The van der Waals surface area contributed by atoms with Gasteiger partial charge < -0.3 is 0 Å². The van der Waals surface area contributed by atoms with Crippen LogP contribution in [-0.2, 0) is 10.5 Å². The van der Waals surface area contributed by atoms with Gasteiger partial charge in [-0.2, -0.15) is 5.10 Å². The van der Waals surface area contributed by atoms with Crippen LogP contribution in [0.2, 0.25) is 0 Å². The Labute approximate surface area is 150 Å². The maximum absolute atomic E-state index is 11.7. The zero-order valence-corrected chi connectivity index (χ0v) is 15.6. The summed E-state index contributed by atoms with van der Waals surface area (Å²) in [6.45, 7) is 0. The predicted molar refractivity (Wildman–Crippen MR) is 100 cm³/mol. The molecule has 0 saturated carbocycles. The number of nitrogens with zero attached hydrogens (tertiary/aromatic N) is 1. The molecular weight excluding hydrogens is 428 g/mol. The maximum Gasteiger partial charge on any atom is 0.250 e. The number of carbonyl (C=O) groups is 1. The molecule has 0 radical (unpaired) electrons. The molecule has 0 bridgehead atoms. The number of benzene rings is 2. The monoisotopic (exact) mass is 440 g/mol. The van der Waals surface area contributed by atoms with Crippen molar-refractivity contribution >= 4 is 55.7 Å². The lowest BCUT2D eigenvalue weighted by Gasteiger charge is -2.03. The molecule has 1 amide bonds. The van der Waals surface area contributed by atoms with Crippen LogP contribution in [0.1, 0.15) is 11.1 Å². The van der Waals surface area contributed by atoms with Crippen LogP contribution < -0.4 is 5.43 Å². The third-order valence-electron chi connectivity index (χ3n) is 2.70. The van der Waals surface area contributed by atoms with E-state index in [2.05, 4.69) is 42.4 Å². The second-order valence-corrected chi connectivity index (χ2v) is 7.19. The Morgan fingerprint density at radius 1 is 1.18 bits per heavy atom. The number of thioether (sulfide) groups is 1. The van der Waals surface area contributed by atoms with Crippen LogP contribution in [0.5, 0.6) is 0 Å². The zero-order chi connectivity index (χ0) is 15.8. The number of amides is 1. The Balaban J connectivity index is 1.73. The van der Waals surface area contributed by atoms with E-state index < -0.39 is 0 Å². The summed E-state index contributed by atoms with van der Waals surface area (Å²) in [5, 5.41) is 3.96. The zero-order valence-electron chi connectivity index (χ0n) is 11.6. The molecule has 1 N–H and O–H groups in total. The molecule has 2 aromatic carbocycles. The van der Waals surface area contributed by atoms with Gasteiger partial charge in [-0.15, -0.1) is 11.8 Å². The fraction of sp³-hybridized carbons (Fsp3) is 0.125. The molecule has 22 heavy (non-hydrogen) atoms. The number of carbonyl (C=O) groups excluding carboxylic acids is 1. The first-order chi connectivity index (χ1) is 10.6. The lowest BCUT2D eigenvalue weighted by molar-refractivity contribution is -0.118. The van der Waals surface area contributed by atoms with Gasteiger partial charge in [0.2, 0.25) is 5.91 Å². The van der Waals surface area contributed by atoms with Crippen molar-refractivity contribution in [2.24, 2.45) is 5.10 Å². The van der Waals surface area contributed by atoms with Crippen LogP contribution in [0.15, 0.2) is 62.6 Å². The largest absolute Gasteiger partial charge is 0.272 e. The molecule has 0 aliphatic rings. The average Bonchev–Trinajstić information content (AvgIpc) is 2.49. The summed E-state index contributed by atoms with van der Waals surface area (Å²) in [7, 11) is 0. The Kier molecular flexibility index (Phi) is 7.15. The Bertz CT molecular complexity index is 677. The SMILES string of the molecule is O=C(CSCc1ccccc1Br)N/N=C\c1cccc(Br)c1. The van der Waals surface area contributed by atoms with E-state index in [1.807, 2.05) is 48.5 Å². The first-order valence-corrected chi connectivity index (χ1v) is 9.28. The van der Waals surface area contributed by atoms with E-state index >= 15 is 0 Å². The Morgan fingerprint density at radius 3 is 2.77 bits per heavy atom. The summed E-state index contributed by atoms with van der Waals surface area (Å²) in [5.41, 5.74) is 4.64. The Hall–Kier alpha value is -1.11. The molecule has 0 heterocycles. The summed E-state index contributed by atoms with van der Waals surface area (Å²) in [6, 6.07) is 15.7. The van der Waals surface area contributed by atoms with Gasteiger partial charge in [0.25, 0.3) is 0 Å². The van der Waals surface area contributed by atoms with Crippen molar-refractivity contribution in [1.29, 1.82) is 0 Å². The molecule has 6 heteroatoms. The van der Waals surface area contributed by atoms with E-state index in [0.29, 0.717) is 5.75 Å². The van der Waals surface area contributed by atoms with Gasteiger partial charge in [0.1, 0.15) is 0 Å². The highest BCUT2D eigenvalue weighted by atomic mass is 79.9. The van der Waals surface area contributed by atoms with Crippen molar-refractivity contribution in [1.82, 2.24) is 5.43 Å². The van der Waals surface area contributed by atoms with Crippen LogP contribution in [-0.4, -0.2) is 17.9 Å². The minimum Gasteiger partial charge on any atom is -0.272 e. The molecule has 2 rings (SSSR count). The van der Waals surface area contributed by atoms with Gasteiger partial charge >= 0.3 is 0 Å². The smallest absolute Gasteiger partial charge is 0.250 e. The van der Waals surface area contributed by atoms with Crippen LogP contribution in [0.4, 0.5) is 0 Å². The van der Waals surface area contributed by atoms with E-state index in [1.54, 1.807) is 18.0 Å². The van der Waals surface area contributed by atoms with Crippen molar-refractivity contribution in [3.63, 3.8) is 0 Å². The standard InChI is InChI=1S/C16H14Br2N2OS/c17-14-6-3-4-12(8-14)9-19-20-16(21)11-22-10-13-5-1-2-7-15(13)18/h1-9H,10-11H2,(H,20,21)/b19-9-. The number of hydrogen-bond donors (Lipinski definition) is 1. The topological polar surface area (TPSA) is 41.5 Å². The summed E-state index contributed by atoms with van der Waals surface area (Å²) in [6.07, 6.45) is 1.63. The lowest BCUT2D eigenvalue weighted by atomic mass is 10.2. The number of halogens is 2. The summed E-state index contributed by atoms with van der Waals surface area (Å²) < 4.78 is 2.04. The quantitative estimate of drug-likeness (QED) is 0.525. The van der Waals surface area contributed by atoms with Crippen LogP contribution in [0, 0.1) is 0 Å². The van der Waals surface area contributed by atoms with E-state index in [0.717, 1.165) is 20.3 Å². The molecular formula is C16H14Br2N2OS. The van der Waals surface area contributed by atoms with E-state index in [1.165, 1.54) is 5.56 Å². The van der Waals surface area contributed by atoms with Crippen molar-refractivity contribution in [3.8, 4) is 0 Å². The minimum absolute atomic E-state index is 0.108. The number of nitrogens with one attached hydrogen (secondary N) is 1. The fourth-order valence-electron chi connectivity index (χ4n) is 1.67. The second-order valence-electron chi connectivity index (χ2n) is 4.43. The van der Waals surface area contributed by atoms with Crippen LogP contribution in [0.3, 0.4) is 0 Å². The third-order valence-corrected chi connectivity index (χ3v) is 4.95. The van der Waals surface area contributed by atoms with Gasteiger partial charge in [0.15, 0.2) is 0 Å². The summed E-state index contributed by atoms with van der Waals surface area (Å²) in [5.74, 6) is 1.05. The van der Waals surface area contributed by atoms with Gasteiger partial charge in [-0.3, -0.25) is 4.79 Å². The molecule has 3 nitrogen and oxygen atoms in total. The first-order valence-electron chi connectivity index (χ1n) is 6.54. The average molecular weight is 442 g/mol. The van der Waals surface area contributed by atoms with Gasteiger partial charge in [-0.05, 0) is 29.3 Å². The van der Waals surface area contributed by atoms with E-state index in [-0.39, 0.29) is 5.91 Å². The van der Waals surface area contributed by atoms with Gasteiger partial charge in [0, 0.05) is 14.7 Å². The predicted octanol–water partition coefficient (Wildman–Crippen LogP) is 4.60. The molecule has 0 fully saturated rings. The van der Waals surface area contributed by atoms with Gasteiger partial charge in [-0.1, -0.05) is 62.2 Å². The maximum atomic E-state index is 11.7. The Morgan fingerprint density at radius 2 is 2.00 bits per heavy atom. The molecule has 0 unspecified atom stereocenters. The number of rotatable bonds is 6. The van der Waals surface area contributed by atoms with Gasteiger partial charge in [0.05, 0.1) is 12.0 Å². The van der Waals surface area contributed by atoms with Crippen molar-refractivity contribution in [2.45, 2.75) is 5.75 Å². The summed E-state index contributed by atoms with van der Waals surface area (Å²) in [4.78, 5) is 11.7. The number of hydrazone groups is 1. The third kappa shape index (κ3) is 5.94. The lowest BCUT2D eigenvalue weighted by Crippen LogP contribution is -2.19. The highest BCUT2D eigenvalue weighted by Crippen LogP contribution is 2.21. The summed E-state index contributed by atoms with van der Waals surface area (Å²) >= 11 is 8.44. The highest BCUT2D eigenvalue weighted by Gasteiger charge is 2.02. The van der Waals surface area contributed by atoms with Crippen molar-refractivity contribution in [3.05, 3.63) is 68.6 Å². The normalized spacial score (nSPS) is 10.8. The molecule has 114 valence electrons. The molecule has 0 spiro atoms. The molecule has 0 saturated heterocycles. The van der Waals surface area contributed by atoms with Gasteiger partial charge in [-0.25, -0.2) is 5.43 Å². The highest BCUT2D eigenvalue weighted by molar-refractivity contribution is 9.10. The molecule has 0 aliphatic carbocycles. The molecule has 0 aromatic heterocycles. The second kappa shape index (κ2) is 9.12.